The van der Waals surface area contributed by atoms with E-state index in [4.69, 9.17) is 0 Å². The number of hydrogen-bond donors (Lipinski definition) is 3. The molecule has 1 fully saturated rings. The Bertz CT molecular complexity index is 1580. The van der Waals surface area contributed by atoms with Crippen molar-refractivity contribution in [3.05, 3.63) is 72.6 Å². The molecule has 3 N–H and O–H groups in total. The van der Waals surface area contributed by atoms with Gasteiger partial charge in [0.25, 0.3) is 5.91 Å². The Morgan fingerprint density at radius 1 is 1.05 bits per heavy atom. The number of amides is 2. The van der Waals surface area contributed by atoms with Gasteiger partial charge in [-0.2, -0.15) is 5.21 Å². The van der Waals surface area contributed by atoms with E-state index in [1.807, 2.05) is 41.4 Å². The number of aromatic amines is 2. The molecule has 5 heterocycles. The molecule has 2 amide bonds. The molecule has 6 rings (SSSR count). The van der Waals surface area contributed by atoms with Gasteiger partial charge in [-0.05, 0) is 47.9 Å². The SMILES string of the molecule is O=C(NCCc1nn[nH]n1)c1cc2c(-c3cncc(-c4ccc(N5CCCC5=O)cc4)c3)ccnc2[nH]1. The van der Waals surface area contributed by atoms with Crippen molar-refractivity contribution in [2.45, 2.75) is 19.3 Å². The van der Waals surface area contributed by atoms with Crippen molar-refractivity contribution in [3.8, 4) is 22.3 Å². The topological polar surface area (TPSA) is 145 Å². The summed E-state index contributed by atoms with van der Waals surface area (Å²) in [4.78, 5) is 38.6. The minimum absolute atomic E-state index is 0.171. The largest absolute Gasteiger partial charge is 0.350 e. The van der Waals surface area contributed by atoms with E-state index in [0.717, 1.165) is 46.3 Å². The number of benzene rings is 1. The molecule has 0 bridgehead atoms. The second-order valence-corrected chi connectivity index (χ2v) is 8.80. The Balaban J connectivity index is 1.23. The van der Waals surface area contributed by atoms with Crippen molar-refractivity contribution in [1.82, 2.24) is 40.9 Å². The smallest absolute Gasteiger partial charge is 0.267 e. The van der Waals surface area contributed by atoms with Gasteiger partial charge >= 0.3 is 0 Å². The normalized spacial score (nSPS) is 13.4. The molecule has 184 valence electrons. The number of anilines is 1. The van der Waals surface area contributed by atoms with Crippen LogP contribution in [0.4, 0.5) is 5.69 Å². The zero-order valence-electron chi connectivity index (χ0n) is 19.8. The van der Waals surface area contributed by atoms with Gasteiger partial charge in [0.1, 0.15) is 11.3 Å². The first kappa shape index (κ1) is 22.5. The number of carbonyl (C=O) groups excluding carboxylic acids is 2. The van der Waals surface area contributed by atoms with Crippen LogP contribution in [0.5, 0.6) is 0 Å². The van der Waals surface area contributed by atoms with Gasteiger partial charge in [0.2, 0.25) is 5.91 Å². The number of nitrogens with zero attached hydrogens (tertiary/aromatic N) is 6. The van der Waals surface area contributed by atoms with Crippen LogP contribution in [0.1, 0.15) is 29.2 Å². The molecule has 0 unspecified atom stereocenters. The molecular weight excluding hydrogens is 470 g/mol. The molecule has 0 spiro atoms. The summed E-state index contributed by atoms with van der Waals surface area (Å²) in [7, 11) is 0. The van der Waals surface area contributed by atoms with Crippen LogP contribution in [0.3, 0.4) is 0 Å². The van der Waals surface area contributed by atoms with Crippen molar-refractivity contribution in [2.75, 3.05) is 18.0 Å². The van der Waals surface area contributed by atoms with E-state index in [2.05, 4.69) is 47.0 Å². The van der Waals surface area contributed by atoms with Gasteiger partial charge in [-0.15, -0.1) is 10.2 Å². The van der Waals surface area contributed by atoms with Crippen molar-refractivity contribution in [2.24, 2.45) is 0 Å². The highest BCUT2D eigenvalue weighted by atomic mass is 16.2. The zero-order valence-corrected chi connectivity index (χ0v) is 19.8. The lowest BCUT2D eigenvalue weighted by atomic mass is 10.0. The quantitative estimate of drug-likeness (QED) is 0.316. The fraction of sp³-hybridized carbons (Fsp3) is 0.192. The van der Waals surface area contributed by atoms with Crippen LogP contribution in [-0.2, 0) is 11.2 Å². The number of pyridine rings is 2. The zero-order chi connectivity index (χ0) is 25.2. The van der Waals surface area contributed by atoms with Crippen LogP contribution in [0, 0.1) is 0 Å². The van der Waals surface area contributed by atoms with Gasteiger partial charge in [-0.25, -0.2) is 4.98 Å². The Hall–Kier alpha value is -4.93. The first-order chi connectivity index (χ1) is 18.2. The molecule has 0 saturated carbocycles. The number of rotatable bonds is 7. The van der Waals surface area contributed by atoms with Gasteiger partial charge in [0.15, 0.2) is 5.82 Å². The minimum atomic E-state index is -0.240. The third-order valence-corrected chi connectivity index (χ3v) is 6.43. The lowest BCUT2D eigenvalue weighted by Gasteiger charge is -2.16. The van der Waals surface area contributed by atoms with E-state index in [1.54, 1.807) is 18.5 Å². The number of carbonyl (C=O) groups is 2. The Kier molecular flexibility index (Phi) is 5.85. The summed E-state index contributed by atoms with van der Waals surface area (Å²) in [5.74, 6) is 0.466. The van der Waals surface area contributed by atoms with Crippen molar-refractivity contribution < 1.29 is 9.59 Å². The Labute approximate surface area is 211 Å². The minimum Gasteiger partial charge on any atom is -0.350 e. The first-order valence-electron chi connectivity index (χ1n) is 12.0. The van der Waals surface area contributed by atoms with E-state index in [1.165, 1.54) is 0 Å². The molecule has 11 nitrogen and oxygen atoms in total. The molecule has 5 aromatic rings. The van der Waals surface area contributed by atoms with Crippen LogP contribution in [0.15, 0.2) is 61.1 Å². The standard InChI is InChI=1S/C26H23N9O2/c36-24-2-1-11-35(24)19-5-3-16(4-6-19)17-12-18(15-27-14-17)20-7-9-28-25-21(20)13-22(30-25)26(37)29-10-8-23-31-33-34-32-23/h3-7,9,12-15H,1-2,8,10-11H2,(H,28,30)(H,29,37)(H,31,32,33,34). The molecule has 1 aromatic carbocycles. The molecule has 0 aliphatic carbocycles. The number of fused-ring (bicyclic) bond motifs is 1. The lowest BCUT2D eigenvalue weighted by molar-refractivity contribution is -0.117. The number of H-pyrrole nitrogens is 2. The summed E-state index contributed by atoms with van der Waals surface area (Å²) in [6, 6.07) is 13.8. The fourth-order valence-electron chi connectivity index (χ4n) is 4.57. The van der Waals surface area contributed by atoms with Crippen molar-refractivity contribution in [1.29, 1.82) is 0 Å². The predicted octanol–water partition coefficient (Wildman–Crippen LogP) is 2.90. The number of tetrazole rings is 1. The lowest BCUT2D eigenvalue weighted by Crippen LogP contribution is -2.26. The molecule has 37 heavy (non-hydrogen) atoms. The molecular formula is C26H23N9O2. The highest BCUT2D eigenvalue weighted by Gasteiger charge is 2.21. The maximum atomic E-state index is 12.7. The predicted molar refractivity (Wildman–Crippen MR) is 137 cm³/mol. The van der Waals surface area contributed by atoms with Gasteiger partial charge in [-0.3, -0.25) is 14.6 Å². The molecule has 1 aliphatic rings. The Morgan fingerprint density at radius 3 is 2.70 bits per heavy atom. The van der Waals surface area contributed by atoms with Crippen LogP contribution >= 0.6 is 0 Å². The van der Waals surface area contributed by atoms with Crippen molar-refractivity contribution >= 4 is 28.5 Å². The van der Waals surface area contributed by atoms with Gasteiger partial charge < -0.3 is 15.2 Å². The van der Waals surface area contributed by atoms with E-state index >= 15 is 0 Å². The highest BCUT2D eigenvalue weighted by molar-refractivity contribution is 6.02. The third kappa shape index (κ3) is 4.54. The van der Waals surface area contributed by atoms with Crippen LogP contribution in [0.2, 0.25) is 0 Å². The van der Waals surface area contributed by atoms with Gasteiger partial charge in [0, 0.05) is 66.7 Å². The third-order valence-electron chi connectivity index (χ3n) is 6.43. The number of aromatic nitrogens is 7. The van der Waals surface area contributed by atoms with Crippen LogP contribution < -0.4 is 10.2 Å². The summed E-state index contributed by atoms with van der Waals surface area (Å²) < 4.78 is 0. The summed E-state index contributed by atoms with van der Waals surface area (Å²) in [6.45, 7) is 1.15. The van der Waals surface area contributed by atoms with E-state index < -0.39 is 0 Å². The van der Waals surface area contributed by atoms with E-state index in [-0.39, 0.29) is 11.8 Å². The van der Waals surface area contributed by atoms with Crippen molar-refractivity contribution in [3.63, 3.8) is 0 Å². The molecule has 4 aromatic heterocycles. The average Bonchev–Trinajstić information content (AvgIpc) is 3.70. The van der Waals surface area contributed by atoms with Gasteiger partial charge in [-0.1, -0.05) is 17.3 Å². The number of hydrogen-bond acceptors (Lipinski definition) is 7. The average molecular weight is 494 g/mol. The van der Waals surface area contributed by atoms with Crippen LogP contribution in [0.25, 0.3) is 33.3 Å². The fourth-order valence-corrected chi connectivity index (χ4v) is 4.57. The molecule has 1 saturated heterocycles. The first-order valence-corrected chi connectivity index (χ1v) is 12.0. The molecule has 11 heteroatoms. The summed E-state index contributed by atoms with van der Waals surface area (Å²) in [5.41, 5.74) is 5.74. The summed E-state index contributed by atoms with van der Waals surface area (Å²) >= 11 is 0. The summed E-state index contributed by atoms with van der Waals surface area (Å²) in [5, 5.41) is 17.4. The number of nitrogens with one attached hydrogen (secondary N) is 3. The molecule has 0 atom stereocenters. The molecule has 1 aliphatic heterocycles. The second kappa shape index (κ2) is 9.61. The highest BCUT2D eigenvalue weighted by Crippen LogP contribution is 2.31. The van der Waals surface area contributed by atoms with Gasteiger partial charge in [0.05, 0.1) is 0 Å². The van der Waals surface area contributed by atoms with Crippen LogP contribution in [-0.4, -0.2) is 60.5 Å². The second-order valence-electron chi connectivity index (χ2n) is 8.80. The molecule has 0 radical (unpaired) electrons. The summed E-state index contributed by atoms with van der Waals surface area (Å²) in [6.07, 6.45) is 7.30. The van der Waals surface area contributed by atoms with E-state index in [0.29, 0.717) is 36.6 Å². The Morgan fingerprint density at radius 2 is 1.92 bits per heavy atom. The van der Waals surface area contributed by atoms with E-state index in [9.17, 15) is 9.59 Å². The monoisotopic (exact) mass is 493 g/mol. The maximum Gasteiger partial charge on any atom is 0.267 e. The maximum absolute atomic E-state index is 12.7.